The lowest BCUT2D eigenvalue weighted by Gasteiger charge is -2.10. The predicted octanol–water partition coefficient (Wildman–Crippen LogP) is 3.96. The van der Waals surface area contributed by atoms with Crippen molar-refractivity contribution in [1.29, 1.82) is 0 Å². The molecule has 132 valence electrons. The topological polar surface area (TPSA) is 68.3 Å². The Balaban J connectivity index is 1.96. The Kier molecular flexibility index (Phi) is 5.63. The van der Waals surface area contributed by atoms with E-state index in [0.29, 0.717) is 11.3 Å². The van der Waals surface area contributed by atoms with Gasteiger partial charge < -0.3 is 10.1 Å². The van der Waals surface area contributed by atoms with Crippen LogP contribution in [0.15, 0.2) is 59.1 Å². The van der Waals surface area contributed by atoms with Gasteiger partial charge in [-0.25, -0.2) is 4.98 Å². The van der Waals surface area contributed by atoms with Crippen molar-refractivity contribution < 1.29 is 14.3 Å². The fourth-order valence-corrected chi connectivity index (χ4v) is 2.87. The SMILES string of the molecule is COC(=O)CCNC(=O)c1cc(-c2ccc(Br)cc2)nc2ccccc12. The standard InChI is InChI=1S/C20H17BrN2O3/c1-26-19(24)10-11-22-20(25)16-12-18(13-6-8-14(21)9-7-13)23-17-5-3-2-4-15(16)17/h2-9,12H,10-11H2,1H3,(H,22,25). The van der Waals surface area contributed by atoms with Crippen molar-refractivity contribution in [2.75, 3.05) is 13.7 Å². The fraction of sp³-hybridized carbons (Fsp3) is 0.150. The van der Waals surface area contributed by atoms with Crippen LogP contribution in [0.2, 0.25) is 0 Å². The minimum Gasteiger partial charge on any atom is -0.469 e. The van der Waals surface area contributed by atoms with Gasteiger partial charge in [-0.2, -0.15) is 0 Å². The smallest absolute Gasteiger partial charge is 0.307 e. The summed E-state index contributed by atoms with van der Waals surface area (Å²) in [6.45, 7) is 0.218. The molecule has 26 heavy (non-hydrogen) atoms. The molecule has 3 rings (SSSR count). The number of para-hydroxylation sites is 1. The van der Waals surface area contributed by atoms with Gasteiger partial charge in [-0.1, -0.05) is 46.3 Å². The van der Waals surface area contributed by atoms with Crippen LogP contribution in [0.4, 0.5) is 0 Å². The minimum absolute atomic E-state index is 0.130. The van der Waals surface area contributed by atoms with E-state index in [2.05, 4.69) is 31.0 Å². The first-order chi connectivity index (χ1) is 12.6. The second kappa shape index (κ2) is 8.10. The van der Waals surface area contributed by atoms with E-state index in [1.165, 1.54) is 7.11 Å². The van der Waals surface area contributed by atoms with Crippen molar-refractivity contribution in [3.63, 3.8) is 0 Å². The molecule has 6 heteroatoms. The van der Waals surface area contributed by atoms with E-state index in [1.54, 1.807) is 6.07 Å². The number of nitrogens with one attached hydrogen (secondary N) is 1. The first kappa shape index (κ1) is 18.1. The maximum absolute atomic E-state index is 12.7. The molecular weight excluding hydrogens is 396 g/mol. The van der Waals surface area contributed by atoms with Gasteiger partial charge in [-0.15, -0.1) is 0 Å². The monoisotopic (exact) mass is 412 g/mol. The zero-order chi connectivity index (χ0) is 18.5. The average molecular weight is 413 g/mol. The molecule has 0 bridgehead atoms. The molecule has 0 saturated carbocycles. The van der Waals surface area contributed by atoms with E-state index in [4.69, 9.17) is 0 Å². The quantitative estimate of drug-likeness (QED) is 0.643. The lowest BCUT2D eigenvalue weighted by atomic mass is 10.0. The lowest BCUT2D eigenvalue weighted by Crippen LogP contribution is -2.26. The average Bonchev–Trinajstić information content (AvgIpc) is 2.67. The summed E-state index contributed by atoms with van der Waals surface area (Å²) >= 11 is 3.42. The van der Waals surface area contributed by atoms with Crippen molar-refractivity contribution in [1.82, 2.24) is 10.3 Å². The molecular formula is C20H17BrN2O3. The highest BCUT2D eigenvalue weighted by Crippen LogP contribution is 2.26. The maximum Gasteiger partial charge on any atom is 0.307 e. The van der Waals surface area contributed by atoms with Crippen molar-refractivity contribution >= 4 is 38.7 Å². The number of rotatable bonds is 5. The molecule has 3 aromatic rings. The number of carbonyl (C=O) groups is 2. The first-order valence-corrected chi connectivity index (χ1v) is 8.88. The van der Waals surface area contributed by atoms with Gasteiger partial charge in [0.05, 0.1) is 30.3 Å². The summed E-state index contributed by atoms with van der Waals surface area (Å²) in [6.07, 6.45) is 0.130. The van der Waals surface area contributed by atoms with Crippen LogP contribution in [0, 0.1) is 0 Å². The third kappa shape index (κ3) is 4.08. The molecule has 1 N–H and O–H groups in total. The van der Waals surface area contributed by atoms with Crippen LogP contribution in [0.5, 0.6) is 0 Å². The summed E-state index contributed by atoms with van der Waals surface area (Å²) in [6, 6.07) is 17.0. The number of hydrogen-bond donors (Lipinski definition) is 1. The van der Waals surface area contributed by atoms with E-state index < -0.39 is 0 Å². The molecule has 5 nitrogen and oxygen atoms in total. The second-order valence-electron chi connectivity index (χ2n) is 5.66. The molecule has 1 amide bonds. The number of ether oxygens (including phenoxy) is 1. The molecule has 0 aliphatic carbocycles. The zero-order valence-electron chi connectivity index (χ0n) is 14.2. The van der Waals surface area contributed by atoms with Crippen LogP contribution in [0.25, 0.3) is 22.2 Å². The molecule has 0 saturated heterocycles. The van der Waals surface area contributed by atoms with Gasteiger partial charge in [0.25, 0.3) is 5.91 Å². The Bertz CT molecular complexity index is 955. The highest BCUT2D eigenvalue weighted by Gasteiger charge is 2.14. The lowest BCUT2D eigenvalue weighted by molar-refractivity contribution is -0.140. The summed E-state index contributed by atoms with van der Waals surface area (Å²) in [4.78, 5) is 28.6. The Morgan fingerprint density at radius 1 is 1.12 bits per heavy atom. The Morgan fingerprint density at radius 3 is 2.58 bits per heavy atom. The molecule has 2 aromatic carbocycles. The molecule has 0 fully saturated rings. The highest BCUT2D eigenvalue weighted by molar-refractivity contribution is 9.10. The molecule has 0 aliphatic rings. The van der Waals surface area contributed by atoms with Gasteiger partial charge >= 0.3 is 5.97 Å². The number of esters is 1. The number of nitrogens with zero attached hydrogens (tertiary/aromatic N) is 1. The number of pyridine rings is 1. The van der Waals surface area contributed by atoms with Crippen LogP contribution in [0.3, 0.4) is 0 Å². The largest absolute Gasteiger partial charge is 0.469 e. The van der Waals surface area contributed by atoms with Crippen molar-refractivity contribution in [2.24, 2.45) is 0 Å². The Labute approximate surface area is 159 Å². The number of methoxy groups -OCH3 is 1. The Morgan fingerprint density at radius 2 is 1.85 bits per heavy atom. The number of aromatic nitrogens is 1. The van der Waals surface area contributed by atoms with Gasteiger partial charge in [0.15, 0.2) is 0 Å². The van der Waals surface area contributed by atoms with Crippen molar-refractivity contribution in [2.45, 2.75) is 6.42 Å². The van der Waals surface area contributed by atoms with Crippen LogP contribution in [-0.4, -0.2) is 30.5 Å². The molecule has 0 unspecified atom stereocenters. The number of fused-ring (bicyclic) bond motifs is 1. The molecule has 0 spiro atoms. The summed E-state index contributed by atoms with van der Waals surface area (Å²) in [5, 5.41) is 3.54. The number of hydrogen-bond acceptors (Lipinski definition) is 4. The molecule has 0 radical (unpaired) electrons. The molecule has 0 aliphatic heterocycles. The van der Waals surface area contributed by atoms with Crippen molar-refractivity contribution in [3.05, 3.63) is 64.6 Å². The Hall–Kier alpha value is -2.73. The zero-order valence-corrected chi connectivity index (χ0v) is 15.7. The fourth-order valence-electron chi connectivity index (χ4n) is 2.61. The van der Waals surface area contributed by atoms with Crippen molar-refractivity contribution in [3.8, 4) is 11.3 Å². The number of benzene rings is 2. The van der Waals surface area contributed by atoms with Crippen LogP contribution in [-0.2, 0) is 9.53 Å². The van der Waals surface area contributed by atoms with Gasteiger partial charge in [0, 0.05) is 22.0 Å². The van der Waals surface area contributed by atoms with E-state index in [-0.39, 0.29) is 24.8 Å². The normalized spacial score (nSPS) is 10.5. The minimum atomic E-state index is -0.361. The van der Waals surface area contributed by atoms with E-state index in [0.717, 1.165) is 20.9 Å². The van der Waals surface area contributed by atoms with Crippen LogP contribution < -0.4 is 5.32 Å². The van der Waals surface area contributed by atoms with Gasteiger partial charge in [-0.05, 0) is 24.3 Å². The molecule has 1 heterocycles. The van der Waals surface area contributed by atoms with Gasteiger partial charge in [0.1, 0.15) is 0 Å². The van der Waals surface area contributed by atoms with E-state index in [1.807, 2.05) is 48.5 Å². The van der Waals surface area contributed by atoms with E-state index in [9.17, 15) is 9.59 Å². The van der Waals surface area contributed by atoms with E-state index >= 15 is 0 Å². The molecule has 1 aromatic heterocycles. The number of halogens is 1. The van der Waals surface area contributed by atoms with Crippen LogP contribution >= 0.6 is 15.9 Å². The second-order valence-corrected chi connectivity index (χ2v) is 6.58. The van der Waals surface area contributed by atoms with Gasteiger partial charge in [-0.3, -0.25) is 9.59 Å². The number of carbonyl (C=O) groups excluding carboxylic acids is 2. The highest BCUT2D eigenvalue weighted by atomic mass is 79.9. The summed E-state index contributed by atoms with van der Waals surface area (Å²) < 4.78 is 5.57. The third-order valence-corrected chi connectivity index (χ3v) is 4.47. The maximum atomic E-state index is 12.7. The van der Waals surface area contributed by atoms with Crippen LogP contribution in [0.1, 0.15) is 16.8 Å². The predicted molar refractivity (Wildman–Crippen MR) is 104 cm³/mol. The first-order valence-electron chi connectivity index (χ1n) is 8.09. The summed E-state index contributed by atoms with van der Waals surface area (Å²) in [5.41, 5.74) is 2.90. The number of amides is 1. The third-order valence-electron chi connectivity index (χ3n) is 3.94. The van der Waals surface area contributed by atoms with Gasteiger partial charge in [0.2, 0.25) is 0 Å². The molecule has 0 atom stereocenters. The summed E-state index contributed by atoms with van der Waals surface area (Å²) in [5.74, 6) is -0.605. The summed E-state index contributed by atoms with van der Waals surface area (Å²) in [7, 11) is 1.32.